The number of hydrogen-bond acceptors (Lipinski definition) is 4. The van der Waals surface area contributed by atoms with Crippen molar-refractivity contribution in [2.24, 2.45) is 0 Å². The first-order valence-corrected chi connectivity index (χ1v) is 7.14. The van der Waals surface area contributed by atoms with Gasteiger partial charge in [0.2, 0.25) is 0 Å². The first-order chi connectivity index (χ1) is 10.2. The Morgan fingerprint density at radius 2 is 2.00 bits per heavy atom. The Labute approximate surface area is 123 Å². The molecule has 1 aromatic heterocycles. The van der Waals surface area contributed by atoms with Crippen LogP contribution in [0.25, 0.3) is 11.3 Å². The van der Waals surface area contributed by atoms with Crippen LogP contribution in [0.2, 0.25) is 0 Å². The van der Waals surface area contributed by atoms with Crippen LogP contribution in [0, 0.1) is 0 Å². The molecule has 1 N–H and O–H groups in total. The quantitative estimate of drug-likeness (QED) is 0.744. The molecular formula is C16H19NO4. The standard InChI is InChI=1S/C16H19NO4/c1-2-3-4-5-10-20-13-8-6-12(7-9-13)15-11-14(16(18)19)17-21-15/h6-9,11H,2-5,10H2,1H3,(H,18,19). The van der Waals surface area contributed by atoms with Crippen molar-refractivity contribution in [2.75, 3.05) is 6.61 Å². The van der Waals surface area contributed by atoms with Gasteiger partial charge < -0.3 is 14.4 Å². The van der Waals surface area contributed by atoms with E-state index >= 15 is 0 Å². The third kappa shape index (κ3) is 4.34. The highest BCUT2D eigenvalue weighted by atomic mass is 16.5. The maximum atomic E-state index is 10.8. The predicted molar refractivity (Wildman–Crippen MR) is 78.5 cm³/mol. The molecule has 0 atom stereocenters. The van der Waals surface area contributed by atoms with Gasteiger partial charge in [0.1, 0.15) is 5.75 Å². The summed E-state index contributed by atoms with van der Waals surface area (Å²) in [4.78, 5) is 10.8. The van der Waals surface area contributed by atoms with Crippen molar-refractivity contribution in [1.82, 2.24) is 5.16 Å². The van der Waals surface area contributed by atoms with E-state index in [0.29, 0.717) is 12.4 Å². The summed E-state index contributed by atoms with van der Waals surface area (Å²) in [6.45, 7) is 2.89. The molecule has 0 spiro atoms. The fraction of sp³-hybridized carbons (Fsp3) is 0.375. The Hall–Kier alpha value is -2.30. The first kappa shape index (κ1) is 15.1. The Morgan fingerprint density at radius 1 is 1.24 bits per heavy atom. The number of carbonyl (C=O) groups is 1. The van der Waals surface area contributed by atoms with Gasteiger partial charge in [0.05, 0.1) is 6.61 Å². The van der Waals surface area contributed by atoms with Gasteiger partial charge >= 0.3 is 5.97 Å². The van der Waals surface area contributed by atoms with E-state index in [9.17, 15) is 4.79 Å². The molecule has 0 aliphatic heterocycles. The van der Waals surface area contributed by atoms with Gasteiger partial charge in [-0.1, -0.05) is 31.3 Å². The molecule has 21 heavy (non-hydrogen) atoms. The molecule has 0 amide bonds. The van der Waals surface area contributed by atoms with Crippen LogP contribution in [-0.4, -0.2) is 22.8 Å². The highest BCUT2D eigenvalue weighted by Crippen LogP contribution is 2.23. The maximum absolute atomic E-state index is 10.8. The summed E-state index contributed by atoms with van der Waals surface area (Å²) < 4.78 is 10.7. The van der Waals surface area contributed by atoms with E-state index in [2.05, 4.69) is 12.1 Å². The lowest BCUT2D eigenvalue weighted by molar-refractivity contribution is 0.0686. The van der Waals surface area contributed by atoms with Gasteiger partial charge in [-0.3, -0.25) is 0 Å². The average molecular weight is 289 g/mol. The predicted octanol–water partition coefficient (Wildman–Crippen LogP) is 4.00. The minimum absolute atomic E-state index is 0.0961. The van der Waals surface area contributed by atoms with Gasteiger partial charge in [0, 0.05) is 11.6 Å². The van der Waals surface area contributed by atoms with E-state index in [4.69, 9.17) is 14.4 Å². The molecule has 0 saturated heterocycles. The van der Waals surface area contributed by atoms with Crippen LogP contribution in [0.5, 0.6) is 5.75 Å². The third-order valence-corrected chi connectivity index (χ3v) is 3.13. The number of aromatic nitrogens is 1. The molecule has 5 nitrogen and oxygen atoms in total. The van der Waals surface area contributed by atoms with E-state index in [0.717, 1.165) is 17.7 Å². The van der Waals surface area contributed by atoms with Gasteiger partial charge in [-0.2, -0.15) is 0 Å². The Morgan fingerprint density at radius 3 is 2.62 bits per heavy atom. The SMILES string of the molecule is CCCCCCOc1ccc(-c2cc(C(=O)O)no2)cc1. The van der Waals surface area contributed by atoms with Gasteiger partial charge in [-0.15, -0.1) is 0 Å². The summed E-state index contributed by atoms with van der Waals surface area (Å²) in [6.07, 6.45) is 4.69. The third-order valence-electron chi connectivity index (χ3n) is 3.13. The molecule has 1 aromatic carbocycles. The minimum atomic E-state index is -1.10. The van der Waals surface area contributed by atoms with Crippen LogP contribution < -0.4 is 4.74 Å². The lowest BCUT2D eigenvalue weighted by atomic mass is 10.1. The summed E-state index contributed by atoms with van der Waals surface area (Å²) >= 11 is 0. The molecule has 0 aliphatic carbocycles. The normalized spacial score (nSPS) is 10.5. The van der Waals surface area contributed by atoms with Crippen LogP contribution >= 0.6 is 0 Å². The second-order valence-corrected chi connectivity index (χ2v) is 4.82. The summed E-state index contributed by atoms with van der Waals surface area (Å²) in [6, 6.07) is 8.75. The fourth-order valence-corrected chi connectivity index (χ4v) is 1.95. The van der Waals surface area contributed by atoms with Gasteiger partial charge in [0.15, 0.2) is 11.5 Å². The number of hydrogen-bond donors (Lipinski definition) is 1. The number of aromatic carboxylic acids is 1. The molecule has 0 radical (unpaired) electrons. The summed E-state index contributed by atoms with van der Waals surface area (Å²) in [7, 11) is 0. The number of ether oxygens (including phenoxy) is 1. The molecule has 5 heteroatoms. The number of benzene rings is 1. The summed E-state index contributed by atoms with van der Waals surface area (Å²) in [5.74, 6) is 0.132. The zero-order valence-electron chi connectivity index (χ0n) is 12.0. The molecule has 1 heterocycles. The average Bonchev–Trinajstić information content (AvgIpc) is 2.98. The second-order valence-electron chi connectivity index (χ2n) is 4.82. The number of carboxylic acid groups (broad SMARTS) is 1. The van der Waals surface area contributed by atoms with Crippen molar-refractivity contribution in [1.29, 1.82) is 0 Å². The lowest BCUT2D eigenvalue weighted by Gasteiger charge is -2.06. The molecule has 0 bridgehead atoms. The number of carboxylic acids is 1. The Balaban J connectivity index is 1.90. The Kier molecular flexibility index (Phi) is 5.37. The van der Waals surface area contributed by atoms with E-state index in [1.807, 2.05) is 24.3 Å². The highest BCUT2D eigenvalue weighted by molar-refractivity contribution is 5.86. The smallest absolute Gasteiger partial charge is 0.358 e. The molecular weight excluding hydrogens is 270 g/mol. The van der Waals surface area contributed by atoms with E-state index in [1.54, 1.807) is 0 Å². The number of rotatable bonds is 8. The summed E-state index contributed by atoms with van der Waals surface area (Å²) in [5, 5.41) is 12.3. The van der Waals surface area contributed by atoms with Crippen molar-refractivity contribution in [3.63, 3.8) is 0 Å². The molecule has 0 fully saturated rings. The second kappa shape index (κ2) is 7.47. The van der Waals surface area contributed by atoms with Crippen molar-refractivity contribution < 1.29 is 19.2 Å². The zero-order valence-corrected chi connectivity index (χ0v) is 12.0. The highest BCUT2D eigenvalue weighted by Gasteiger charge is 2.11. The van der Waals surface area contributed by atoms with E-state index < -0.39 is 5.97 Å². The summed E-state index contributed by atoms with van der Waals surface area (Å²) in [5.41, 5.74) is 0.676. The minimum Gasteiger partial charge on any atom is -0.494 e. The van der Waals surface area contributed by atoms with Crippen LogP contribution in [0.15, 0.2) is 34.9 Å². The van der Waals surface area contributed by atoms with Crippen LogP contribution in [0.3, 0.4) is 0 Å². The van der Waals surface area contributed by atoms with Crippen molar-refractivity contribution in [3.05, 3.63) is 36.0 Å². The van der Waals surface area contributed by atoms with Crippen molar-refractivity contribution >= 4 is 5.97 Å². The molecule has 2 rings (SSSR count). The zero-order chi connectivity index (χ0) is 15.1. The van der Waals surface area contributed by atoms with Crippen LogP contribution in [0.4, 0.5) is 0 Å². The monoisotopic (exact) mass is 289 g/mol. The van der Waals surface area contributed by atoms with Crippen molar-refractivity contribution in [2.45, 2.75) is 32.6 Å². The Bertz CT molecular complexity index is 574. The molecule has 112 valence electrons. The number of nitrogens with zero attached hydrogens (tertiary/aromatic N) is 1. The van der Waals surface area contributed by atoms with E-state index in [-0.39, 0.29) is 5.69 Å². The van der Waals surface area contributed by atoms with Gasteiger partial charge in [0.25, 0.3) is 0 Å². The fourth-order valence-electron chi connectivity index (χ4n) is 1.95. The van der Waals surface area contributed by atoms with Gasteiger partial charge in [-0.05, 0) is 30.7 Å². The van der Waals surface area contributed by atoms with Crippen molar-refractivity contribution in [3.8, 4) is 17.1 Å². The van der Waals surface area contributed by atoms with Crippen LogP contribution in [-0.2, 0) is 0 Å². The molecule has 0 aliphatic rings. The van der Waals surface area contributed by atoms with Crippen LogP contribution in [0.1, 0.15) is 43.1 Å². The largest absolute Gasteiger partial charge is 0.494 e. The molecule has 2 aromatic rings. The number of unbranched alkanes of at least 4 members (excludes halogenated alkanes) is 3. The lowest BCUT2D eigenvalue weighted by Crippen LogP contribution is -1.96. The molecule has 0 saturated carbocycles. The maximum Gasteiger partial charge on any atom is 0.358 e. The topological polar surface area (TPSA) is 72.6 Å². The first-order valence-electron chi connectivity index (χ1n) is 7.14. The van der Waals surface area contributed by atoms with Gasteiger partial charge in [-0.25, -0.2) is 4.79 Å². The molecule has 0 unspecified atom stereocenters. The van der Waals surface area contributed by atoms with E-state index in [1.165, 1.54) is 25.3 Å².